The molecular formula is C19H31IN4O3S. The number of amides is 1. The van der Waals surface area contributed by atoms with Crippen molar-refractivity contribution < 1.29 is 13.2 Å². The maximum atomic E-state index is 12.0. The summed E-state index contributed by atoms with van der Waals surface area (Å²) in [5.41, 5.74) is 1.62. The summed E-state index contributed by atoms with van der Waals surface area (Å²) in [5, 5.41) is 9.24. The van der Waals surface area contributed by atoms with E-state index in [4.69, 9.17) is 0 Å². The number of sulfone groups is 1. The fourth-order valence-electron chi connectivity index (χ4n) is 2.83. The highest BCUT2D eigenvalue weighted by Crippen LogP contribution is 2.11. The minimum Gasteiger partial charge on any atom is -0.357 e. The van der Waals surface area contributed by atoms with Crippen LogP contribution in [-0.4, -0.2) is 50.9 Å². The van der Waals surface area contributed by atoms with Gasteiger partial charge in [-0.25, -0.2) is 13.4 Å². The lowest BCUT2D eigenvalue weighted by atomic mass is 10.1. The van der Waals surface area contributed by atoms with E-state index in [-0.39, 0.29) is 47.4 Å². The standard InChI is InChI=1S/C19H30N4O3S.HI/c1-3-5-11-21-18(24)16-8-6-15(7-9-16)13-22-19(20-4-2)23-17-10-12-27(25,26)14-17;/h6-9,17H,3-5,10-14H2,1-2H3,(H,21,24)(H2,20,22,23);1H. The molecule has 158 valence electrons. The van der Waals surface area contributed by atoms with Gasteiger partial charge in [0.15, 0.2) is 15.8 Å². The van der Waals surface area contributed by atoms with Gasteiger partial charge in [0.05, 0.1) is 18.1 Å². The molecule has 0 bridgehead atoms. The Balaban J connectivity index is 0.00000392. The van der Waals surface area contributed by atoms with Crippen molar-refractivity contribution in [1.82, 2.24) is 16.0 Å². The molecule has 28 heavy (non-hydrogen) atoms. The molecule has 1 aliphatic rings. The van der Waals surface area contributed by atoms with Crippen LogP contribution in [0.1, 0.15) is 49.0 Å². The summed E-state index contributed by atoms with van der Waals surface area (Å²) in [6.07, 6.45) is 2.63. The van der Waals surface area contributed by atoms with Gasteiger partial charge >= 0.3 is 0 Å². The van der Waals surface area contributed by atoms with Gasteiger partial charge in [-0.05, 0) is 37.5 Å². The van der Waals surface area contributed by atoms with Gasteiger partial charge in [0.1, 0.15) is 0 Å². The Morgan fingerprint density at radius 2 is 1.89 bits per heavy atom. The third kappa shape index (κ3) is 8.34. The first kappa shape index (κ1) is 24.7. The van der Waals surface area contributed by atoms with Gasteiger partial charge < -0.3 is 16.0 Å². The highest BCUT2D eigenvalue weighted by atomic mass is 127. The van der Waals surface area contributed by atoms with Gasteiger partial charge in [0.25, 0.3) is 5.91 Å². The first-order valence-electron chi connectivity index (χ1n) is 9.56. The molecule has 0 aromatic heterocycles. The summed E-state index contributed by atoms with van der Waals surface area (Å²) >= 11 is 0. The molecule has 1 aromatic rings. The van der Waals surface area contributed by atoms with Gasteiger partial charge in [-0.1, -0.05) is 25.5 Å². The Labute approximate surface area is 185 Å². The summed E-state index contributed by atoms with van der Waals surface area (Å²) in [6.45, 7) is 5.89. The highest BCUT2D eigenvalue weighted by molar-refractivity contribution is 14.0. The van der Waals surface area contributed by atoms with Crippen LogP contribution < -0.4 is 16.0 Å². The van der Waals surface area contributed by atoms with Crippen LogP contribution in [0.2, 0.25) is 0 Å². The zero-order chi connectivity index (χ0) is 19.7. The van der Waals surface area contributed by atoms with E-state index >= 15 is 0 Å². The Morgan fingerprint density at radius 3 is 2.46 bits per heavy atom. The predicted octanol–water partition coefficient (Wildman–Crippen LogP) is 2.08. The average Bonchev–Trinajstić information content (AvgIpc) is 2.99. The quantitative estimate of drug-likeness (QED) is 0.210. The molecule has 0 radical (unpaired) electrons. The Morgan fingerprint density at radius 1 is 1.18 bits per heavy atom. The van der Waals surface area contributed by atoms with Gasteiger partial charge in [-0.15, -0.1) is 24.0 Å². The number of nitrogens with one attached hydrogen (secondary N) is 3. The van der Waals surface area contributed by atoms with Gasteiger partial charge in [0.2, 0.25) is 0 Å². The zero-order valence-corrected chi connectivity index (χ0v) is 19.7. The van der Waals surface area contributed by atoms with E-state index in [0.717, 1.165) is 18.4 Å². The van der Waals surface area contributed by atoms with Crippen molar-refractivity contribution in [2.75, 3.05) is 24.6 Å². The van der Waals surface area contributed by atoms with Crippen LogP contribution in [0.3, 0.4) is 0 Å². The summed E-state index contributed by atoms with van der Waals surface area (Å²) < 4.78 is 23.2. The molecule has 0 spiro atoms. The molecule has 3 N–H and O–H groups in total. The second-order valence-corrected chi connectivity index (χ2v) is 8.97. The number of hydrogen-bond acceptors (Lipinski definition) is 4. The van der Waals surface area contributed by atoms with Crippen molar-refractivity contribution >= 4 is 45.7 Å². The van der Waals surface area contributed by atoms with E-state index in [1.807, 2.05) is 19.1 Å². The van der Waals surface area contributed by atoms with Gasteiger partial charge in [-0.2, -0.15) is 0 Å². The van der Waals surface area contributed by atoms with Crippen LogP contribution >= 0.6 is 24.0 Å². The number of nitrogens with zero attached hydrogens (tertiary/aromatic N) is 1. The molecular weight excluding hydrogens is 491 g/mol. The second kappa shape index (κ2) is 12.3. The minimum atomic E-state index is -2.93. The number of carbonyl (C=O) groups excluding carboxylic acids is 1. The van der Waals surface area contributed by atoms with Crippen molar-refractivity contribution in [2.24, 2.45) is 4.99 Å². The maximum Gasteiger partial charge on any atom is 0.251 e. The number of guanidine groups is 1. The zero-order valence-electron chi connectivity index (χ0n) is 16.5. The number of halogens is 1. The van der Waals surface area contributed by atoms with Crippen molar-refractivity contribution in [1.29, 1.82) is 0 Å². The SMILES string of the molecule is CCCCNC(=O)c1ccc(CN=C(NCC)NC2CCS(=O)(=O)C2)cc1.I. The first-order chi connectivity index (χ1) is 12.9. The lowest BCUT2D eigenvalue weighted by molar-refractivity contribution is 0.0953. The number of rotatable bonds is 8. The molecule has 7 nitrogen and oxygen atoms in total. The number of carbonyl (C=O) groups is 1. The molecule has 1 saturated heterocycles. The first-order valence-corrected chi connectivity index (χ1v) is 11.4. The van der Waals surface area contributed by atoms with E-state index < -0.39 is 9.84 Å². The summed E-state index contributed by atoms with van der Waals surface area (Å²) in [7, 11) is -2.93. The van der Waals surface area contributed by atoms with Crippen LogP contribution in [0.5, 0.6) is 0 Å². The Hall–Kier alpha value is -1.36. The third-order valence-electron chi connectivity index (χ3n) is 4.37. The fourth-order valence-corrected chi connectivity index (χ4v) is 4.51. The van der Waals surface area contributed by atoms with Gasteiger partial charge in [0, 0.05) is 24.7 Å². The van der Waals surface area contributed by atoms with Crippen molar-refractivity contribution in [2.45, 2.75) is 45.7 Å². The molecule has 2 rings (SSSR count). The molecule has 1 heterocycles. The topological polar surface area (TPSA) is 99.7 Å². The van der Waals surface area contributed by atoms with E-state index in [0.29, 0.717) is 37.6 Å². The third-order valence-corrected chi connectivity index (χ3v) is 6.14. The normalized spacial score (nSPS) is 18.2. The molecule has 0 aliphatic carbocycles. The van der Waals surface area contributed by atoms with E-state index in [1.165, 1.54) is 0 Å². The van der Waals surface area contributed by atoms with E-state index in [1.54, 1.807) is 12.1 Å². The molecule has 1 unspecified atom stereocenters. The van der Waals surface area contributed by atoms with Gasteiger partial charge in [-0.3, -0.25) is 4.79 Å². The van der Waals surface area contributed by atoms with Crippen LogP contribution in [0, 0.1) is 0 Å². The minimum absolute atomic E-state index is 0. The average molecular weight is 522 g/mol. The summed E-state index contributed by atoms with van der Waals surface area (Å²) in [6, 6.07) is 7.29. The Kier molecular flexibility index (Phi) is 10.8. The predicted molar refractivity (Wildman–Crippen MR) is 124 cm³/mol. The van der Waals surface area contributed by atoms with E-state index in [9.17, 15) is 13.2 Å². The molecule has 1 aromatic carbocycles. The van der Waals surface area contributed by atoms with Crippen LogP contribution in [0.15, 0.2) is 29.3 Å². The maximum absolute atomic E-state index is 12.0. The van der Waals surface area contributed by atoms with Crippen LogP contribution in [-0.2, 0) is 16.4 Å². The number of benzene rings is 1. The van der Waals surface area contributed by atoms with Crippen molar-refractivity contribution in [3.8, 4) is 0 Å². The second-order valence-electron chi connectivity index (χ2n) is 6.75. The lowest BCUT2D eigenvalue weighted by Gasteiger charge is -2.15. The summed E-state index contributed by atoms with van der Waals surface area (Å²) in [4.78, 5) is 16.5. The molecule has 9 heteroatoms. The molecule has 1 fully saturated rings. The summed E-state index contributed by atoms with van der Waals surface area (Å²) in [5.74, 6) is 0.933. The monoisotopic (exact) mass is 522 g/mol. The van der Waals surface area contributed by atoms with Crippen LogP contribution in [0.25, 0.3) is 0 Å². The molecule has 1 atom stereocenters. The lowest BCUT2D eigenvalue weighted by Crippen LogP contribution is -2.44. The molecule has 0 saturated carbocycles. The largest absolute Gasteiger partial charge is 0.357 e. The number of aliphatic imine (C=N–C) groups is 1. The Bertz CT molecular complexity index is 751. The van der Waals surface area contributed by atoms with Crippen molar-refractivity contribution in [3.05, 3.63) is 35.4 Å². The smallest absolute Gasteiger partial charge is 0.251 e. The van der Waals surface area contributed by atoms with E-state index in [2.05, 4.69) is 27.9 Å². The molecule has 1 amide bonds. The number of unbranched alkanes of at least 4 members (excludes halogenated alkanes) is 1. The van der Waals surface area contributed by atoms with Crippen molar-refractivity contribution in [3.63, 3.8) is 0 Å². The number of hydrogen-bond donors (Lipinski definition) is 3. The fraction of sp³-hybridized carbons (Fsp3) is 0.579. The molecule has 1 aliphatic heterocycles. The highest BCUT2D eigenvalue weighted by Gasteiger charge is 2.28. The van der Waals surface area contributed by atoms with Crippen LogP contribution in [0.4, 0.5) is 0 Å².